The van der Waals surface area contributed by atoms with E-state index >= 15 is 0 Å². The first-order valence-corrected chi connectivity index (χ1v) is 11.2. The van der Waals surface area contributed by atoms with Crippen molar-refractivity contribution in [2.45, 2.75) is 18.4 Å². The minimum absolute atomic E-state index is 0.00798. The van der Waals surface area contributed by atoms with Crippen molar-refractivity contribution < 1.29 is 4.79 Å². The fraction of sp³-hybridized carbons (Fsp3) is 0.136. The number of aryl methyl sites for hydroxylation is 1. The van der Waals surface area contributed by atoms with Gasteiger partial charge in [0.05, 0.1) is 28.2 Å². The number of thiazole rings is 1. The summed E-state index contributed by atoms with van der Waals surface area (Å²) in [4.78, 5) is 25.0. The summed E-state index contributed by atoms with van der Waals surface area (Å²) in [6.07, 6.45) is 1.73. The monoisotopic (exact) mass is 439 g/mol. The number of carbonyl (C=O) groups is 1. The third-order valence-corrected chi connectivity index (χ3v) is 6.57. The van der Waals surface area contributed by atoms with E-state index in [-0.39, 0.29) is 5.91 Å². The summed E-state index contributed by atoms with van der Waals surface area (Å²) in [5.41, 5.74) is 2.85. The van der Waals surface area contributed by atoms with Crippen LogP contribution in [0.15, 0.2) is 71.8 Å². The van der Waals surface area contributed by atoms with E-state index in [1.807, 2.05) is 55.5 Å². The zero-order chi connectivity index (χ0) is 20.2. The quantitative estimate of drug-likeness (QED) is 0.347. The highest BCUT2D eigenvalue weighted by Crippen LogP contribution is 2.32. The summed E-state index contributed by atoms with van der Waals surface area (Å²) < 4.78 is 0.956. The lowest BCUT2D eigenvalue weighted by atomic mass is 10.2. The second-order valence-corrected chi connectivity index (χ2v) is 9.01. The van der Waals surface area contributed by atoms with Crippen molar-refractivity contribution in [1.82, 2.24) is 9.97 Å². The van der Waals surface area contributed by atoms with Gasteiger partial charge >= 0.3 is 0 Å². The maximum Gasteiger partial charge on any atom is 0.239 e. The molecular weight excluding hydrogens is 422 g/mol. The summed E-state index contributed by atoms with van der Waals surface area (Å²) in [7, 11) is 0. The van der Waals surface area contributed by atoms with E-state index in [1.54, 1.807) is 11.1 Å². The van der Waals surface area contributed by atoms with Gasteiger partial charge in [-0.1, -0.05) is 46.7 Å². The van der Waals surface area contributed by atoms with E-state index in [1.165, 1.54) is 28.7 Å². The number of aromatic nitrogens is 2. The van der Waals surface area contributed by atoms with Crippen LogP contribution in [0.3, 0.4) is 0 Å². The second kappa shape index (κ2) is 8.95. The Bertz CT molecular complexity index is 1130. The lowest BCUT2D eigenvalue weighted by molar-refractivity contribution is -0.116. The first kappa shape index (κ1) is 19.9. The van der Waals surface area contributed by atoms with Crippen LogP contribution in [0.4, 0.5) is 5.13 Å². The number of rotatable bonds is 6. The molecule has 2 aromatic carbocycles. The minimum atomic E-state index is -0.00798. The van der Waals surface area contributed by atoms with Gasteiger partial charge in [0.2, 0.25) is 5.91 Å². The summed E-state index contributed by atoms with van der Waals surface area (Å²) in [6, 6.07) is 19.4. The smallest absolute Gasteiger partial charge is 0.239 e. The molecule has 0 unspecified atom stereocenters. The van der Waals surface area contributed by atoms with Crippen LogP contribution in [0.5, 0.6) is 0 Å². The number of thioether (sulfide) groups is 1. The molecule has 0 saturated carbocycles. The van der Waals surface area contributed by atoms with E-state index in [9.17, 15) is 4.79 Å². The molecule has 0 N–H and O–H groups in total. The third-order valence-electron chi connectivity index (χ3n) is 4.30. The number of halogens is 1. The Morgan fingerprint density at radius 1 is 1.14 bits per heavy atom. The molecule has 0 spiro atoms. The van der Waals surface area contributed by atoms with Crippen LogP contribution in [0, 0.1) is 6.92 Å². The predicted octanol–water partition coefficient (Wildman–Crippen LogP) is 5.98. The summed E-state index contributed by atoms with van der Waals surface area (Å²) >= 11 is 9.10. The van der Waals surface area contributed by atoms with Gasteiger partial charge in [-0.25, -0.2) is 4.98 Å². The molecule has 2 heterocycles. The molecule has 4 aromatic rings. The highest BCUT2D eigenvalue weighted by molar-refractivity contribution is 8.00. The van der Waals surface area contributed by atoms with Crippen LogP contribution in [0.25, 0.3) is 10.2 Å². The zero-order valence-electron chi connectivity index (χ0n) is 15.7. The Hall–Kier alpha value is -2.41. The average molecular weight is 440 g/mol. The number of nitrogens with zero attached hydrogens (tertiary/aromatic N) is 3. The van der Waals surface area contributed by atoms with Crippen molar-refractivity contribution in [3.05, 3.63) is 83.1 Å². The van der Waals surface area contributed by atoms with E-state index < -0.39 is 0 Å². The number of pyridine rings is 1. The average Bonchev–Trinajstić information content (AvgIpc) is 3.15. The van der Waals surface area contributed by atoms with Gasteiger partial charge in [0.15, 0.2) is 5.13 Å². The van der Waals surface area contributed by atoms with Gasteiger partial charge in [-0.15, -0.1) is 11.8 Å². The molecule has 0 saturated heterocycles. The predicted molar refractivity (Wildman–Crippen MR) is 122 cm³/mol. The van der Waals surface area contributed by atoms with Crippen molar-refractivity contribution in [1.29, 1.82) is 0 Å². The largest absolute Gasteiger partial charge is 0.281 e. The number of hydrogen-bond donors (Lipinski definition) is 0. The molecule has 0 aliphatic rings. The zero-order valence-corrected chi connectivity index (χ0v) is 18.1. The molecule has 0 fully saturated rings. The Kier molecular flexibility index (Phi) is 6.13. The van der Waals surface area contributed by atoms with Gasteiger partial charge in [0.25, 0.3) is 0 Å². The molecule has 4 rings (SSSR count). The van der Waals surface area contributed by atoms with Gasteiger partial charge in [-0.2, -0.15) is 0 Å². The number of fused-ring (bicyclic) bond motifs is 1. The molecule has 146 valence electrons. The van der Waals surface area contributed by atoms with Crippen LogP contribution < -0.4 is 4.90 Å². The molecule has 29 heavy (non-hydrogen) atoms. The Morgan fingerprint density at radius 3 is 2.72 bits per heavy atom. The van der Waals surface area contributed by atoms with Crippen molar-refractivity contribution in [3.8, 4) is 0 Å². The first-order chi connectivity index (χ1) is 14.1. The highest BCUT2D eigenvalue weighted by atomic mass is 35.5. The number of carbonyl (C=O) groups excluding carboxylic acids is 1. The molecule has 0 bridgehead atoms. The first-order valence-electron chi connectivity index (χ1n) is 9.04. The van der Waals surface area contributed by atoms with Crippen LogP contribution in [0.2, 0.25) is 5.02 Å². The third kappa shape index (κ3) is 4.96. The maximum absolute atomic E-state index is 13.1. The molecule has 2 aromatic heterocycles. The fourth-order valence-electron chi connectivity index (χ4n) is 2.78. The van der Waals surface area contributed by atoms with Crippen LogP contribution in [-0.2, 0) is 11.3 Å². The Balaban J connectivity index is 1.59. The Morgan fingerprint density at radius 2 is 1.97 bits per heavy atom. The van der Waals surface area contributed by atoms with E-state index in [0.29, 0.717) is 22.5 Å². The summed E-state index contributed by atoms with van der Waals surface area (Å²) in [5.74, 6) is 0.318. The molecule has 4 nitrogen and oxygen atoms in total. The van der Waals surface area contributed by atoms with Gasteiger partial charge in [0, 0.05) is 16.1 Å². The van der Waals surface area contributed by atoms with Gasteiger partial charge in [0.1, 0.15) is 0 Å². The molecule has 7 heteroatoms. The maximum atomic E-state index is 13.1. The second-order valence-electron chi connectivity index (χ2n) is 6.51. The van der Waals surface area contributed by atoms with Crippen molar-refractivity contribution in [2.24, 2.45) is 0 Å². The lowest BCUT2D eigenvalue weighted by Gasteiger charge is -2.19. The normalized spacial score (nSPS) is 11.0. The van der Waals surface area contributed by atoms with Crippen molar-refractivity contribution in [2.75, 3.05) is 10.7 Å². The number of anilines is 1. The number of amides is 1. The highest BCUT2D eigenvalue weighted by Gasteiger charge is 2.21. The standard InChI is InChI=1S/C22H18ClN3OS2/c1-15-5-8-18(9-6-15)28-14-21(27)26(13-17-4-2-3-11-24-17)22-25-19-10-7-16(23)12-20(19)29-22/h2-12H,13-14H2,1H3. The lowest BCUT2D eigenvalue weighted by Crippen LogP contribution is -2.32. The number of benzene rings is 2. The van der Waals surface area contributed by atoms with E-state index in [0.717, 1.165) is 20.8 Å². The fourth-order valence-corrected chi connectivity index (χ4v) is 4.81. The molecule has 0 aliphatic heterocycles. The Labute approximate surface area is 182 Å². The SMILES string of the molecule is Cc1ccc(SCC(=O)N(Cc2ccccn2)c2nc3ccc(Cl)cc3s2)cc1. The van der Waals surface area contributed by atoms with Crippen LogP contribution in [0.1, 0.15) is 11.3 Å². The van der Waals surface area contributed by atoms with E-state index in [4.69, 9.17) is 11.6 Å². The minimum Gasteiger partial charge on any atom is -0.281 e. The van der Waals surface area contributed by atoms with Crippen LogP contribution in [-0.4, -0.2) is 21.6 Å². The topological polar surface area (TPSA) is 46.1 Å². The van der Waals surface area contributed by atoms with Crippen LogP contribution >= 0.6 is 34.7 Å². The number of hydrogen-bond acceptors (Lipinski definition) is 5. The summed E-state index contributed by atoms with van der Waals surface area (Å²) in [6.45, 7) is 2.43. The van der Waals surface area contributed by atoms with Gasteiger partial charge in [-0.3, -0.25) is 14.7 Å². The molecular formula is C22H18ClN3OS2. The summed E-state index contributed by atoms with van der Waals surface area (Å²) in [5, 5.41) is 1.31. The van der Waals surface area contributed by atoms with Gasteiger partial charge < -0.3 is 0 Å². The van der Waals surface area contributed by atoms with Crippen molar-refractivity contribution in [3.63, 3.8) is 0 Å². The molecule has 0 aliphatic carbocycles. The van der Waals surface area contributed by atoms with Crippen molar-refractivity contribution >= 4 is 56.0 Å². The van der Waals surface area contributed by atoms with E-state index in [2.05, 4.69) is 22.1 Å². The molecule has 0 radical (unpaired) electrons. The van der Waals surface area contributed by atoms with Gasteiger partial charge in [-0.05, 0) is 49.4 Å². The molecule has 0 atom stereocenters. The molecule has 1 amide bonds.